The molecule has 200 valence electrons. The first kappa shape index (κ1) is 25.5. The van der Waals surface area contributed by atoms with Crippen LogP contribution in [0.15, 0.2) is 109 Å². The molecule has 0 radical (unpaired) electrons. The molecule has 3 heterocycles. The second-order valence-electron chi connectivity index (χ2n) is 9.86. The Kier molecular flexibility index (Phi) is 6.02. The zero-order valence-corrected chi connectivity index (χ0v) is 20.8. The lowest BCUT2D eigenvalue weighted by molar-refractivity contribution is -0.137. The van der Waals surface area contributed by atoms with E-state index in [0.29, 0.717) is 11.1 Å². The summed E-state index contributed by atoms with van der Waals surface area (Å²) in [5.41, 5.74) is -0.173. The van der Waals surface area contributed by atoms with Gasteiger partial charge in [-0.15, -0.1) is 0 Å². The van der Waals surface area contributed by atoms with Gasteiger partial charge in [0.2, 0.25) is 11.8 Å². The van der Waals surface area contributed by atoms with Gasteiger partial charge in [-0.05, 0) is 24.3 Å². The predicted molar refractivity (Wildman–Crippen MR) is 139 cm³/mol. The van der Waals surface area contributed by atoms with Crippen LogP contribution >= 0.6 is 0 Å². The third-order valence-electron chi connectivity index (χ3n) is 7.60. The fraction of sp³-hybridized carbons (Fsp3) is 0.161. The molecule has 0 aromatic heterocycles. The number of halogens is 3. The second kappa shape index (κ2) is 9.44. The first-order chi connectivity index (χ1) is 19.2. The molecule has 3 aliphatic rings. The fourth-order valence-corrected chi connectivity index (χ4v) is 5.80. The molecule has 40 heavy (non-hydrogen) atoms. The highest BCUT2D eigenvalue weighted by Gasteiger charge is 2.63. The number of anilines is 1. The van der Waals surface area contributed by atoms with Gasteiger partial charge < -0.3 is 4.90 Å². The lowest BCUT2D eigenvalue weighted by Crippen LogP contribution is -2.46. The van der Waals surface area contributed by atoms with Crippen LogP contribution in [0.4, 0.5) is 18.9 Å². The summed E-state index contributed by atoms with van der Waals surface area (Å²) >= 11 is 0. The summed E-state index contributed by atoms with van der Waals surface area (Å²) in [5.74, 6) is -4.41. The number of fused-ring (bicyclic) bond motifs is 3. The molecule has 3 aromatic carbocycles. The summed E-state index contributed by atoms with van der Waals surface area (Å²) in [6, 6.07) is 18.9. The highest BCUT2D eigenvalue weighted by molar-refractivity contribution is 6.25. The molecule has 0 saturated carbocycles. The Morgan fingerprint density at radius 1 is 0.750 bits per heavy atom. The summed E-state index contributed by atoms with van der Waals surface area (Å²) in [6.45, 7) is 0. The molecule has 2 saturated heterocycles. The minimum absolute atomic E-state index is 0.215. The summed E-state index contributed by atoms with van der Waals surface area (Å²) in [4.78, 5) is 57.0. The van der Waals surface area contributed by atoms with Gasteiger partial charge in [-0.3, -0.25) is 19.2 Å². The third-order valence-corrected chi connectivity index (χ3v) is 7.60. The molecule has 4 atom stereocenters. The molecule has 0 spiro atoms. The average molecular weight is 543 g/mol. The summed E-state index contributed by atoms with van der Waals surface area (Å²) < 4.78 is 40.3. The number of amides is 2. The standard InChI is InChI=1S/C31H21F3N2O4/c32-31(33,34)21-12-7-13-22(17-21)36-29(39)24-23-16-20(27(37)18-8-3-1-4-9-18)14-15-35(23)26(25(24)30(36)40)28(38)19-10-5-2-6-11-19/h1-17,23-26H/t23-,24+,25+,26+/m0/s1. The maximum absolute atomic E-state index is 13.8. The monoisotopic (exact) mass is 542 g/mol. The molecule has 2 amide bonds. The Morgan fingerprint density at radius 2 is 1.38 bits per heavy atom. The highest BCUT2D eigenvalue weighted by atomic mass is 19.4. The number of imide groups is 1. The first-order valence-electron chi connectivity index (χ1n) is 12.6. The third kappa shape index (κ3) is 4.05. The van der Waals surface area contributed by atoms with Crippen LogP contribution in [0.5, 0.6) is 0 Å². The van der Waals surface area contributed by atoms with E-state index < -0.39 is 53.3 Å². The molecule has 0 bridgehead atoms. The quantitative estimate of drug-likeness (QED) is 0.332. The Labute approximate surface area is 227 Å². The lowest BCUT2D eigenvalue weighted by Gasteiger charge is -2.33. The minimum Gasteiger partial charge on any atom is -0.359 e. The molecule has 0 aliphatic carbocycles. The van der Waals surface area contributed by atoms with Crippen molar-refractivity contribution in [2.75, 3.05) is 4.90 Å². The molecule has 3 aliphatic heterocycles. The van der Waals surface area contributed by atoms with E-state index in [2.05, 4.69) is 0 Å². The van der Waals surface area contributed by atoms with Crippen molar-refractivity contribution in [3.63, 3.8) is 0 Å². The maximum Gasteiger partial charge on any atom is 0.416 e. The number of Topliss-reactive ketones (excluding diaryl/α,β-unsaturated/α-hetero) is 2. The fourth-order valence-electron chi connectivity index (χ4n) is 5.80. The summed E-state index contributed by atoms with van der Waals surface area (Å²) in [7, 11) is 0. The number of allylic oxidation sites excluding steroid dienone is 2. The largest absolute Gasteiger partial charge is 0.416 e. The topological polar surface area (TPSA) is 74.8 Å². The number of carbonyl (C=O) groups excluding carboxylic acids is 4. The number of hydrogen-bond donors (Lipinski definition) is 0. The number of benzene rings is 3. The van der Waals surface area contributed by atoms with Crippen molar-refractivity contribution in [1.29, 1.82) is 0 Å². The molecule has 0 unspecified atom stereocenters. The van der Waals surface area contributed by atoms with Gasteiger partial charge in [0.15, 0.2) is 11.6 Å². The van der Waals surface area contributed by atoms with Crippen LogP contribution in [0.1, 0.15) is 26.3 Å². The van der Waals surface area contributed by atoms with Gasteiger partial charge in [0, 0.05) is 22.9 Å². The van der Waals surface area contributed by atoms with Crippen LogP contribution < -0.4 is 4.90 Å². The van der Waals surface area contributed by atoms with Crippen LogP contribution in [0.2, 0.25) is 0 Å². The maximum atomic E-state index is 13.8. The van der Waals surface area contributed by atoms with E-state index in [9.17, 15) is 32.3 Å². The van der Waals surface area contributed by atoms with Crippen molar-refractivity contribution in [2.24, 2.45) is 11.8 Å². The molecule has 3 aromatic rings. The Hall–Kier alpha value is -4.79. The van der Waals surface area contributed by atoms with Gasteiger partial charge in [0.1, 0.15) is 6.04 Å². The van der Waals surface area contributed by atoms with Crippen LogP contribution in [0.25, 0.3) is 0 Å². The van der Waals surface area contributed by atoms with Gasteiger partial charge >= 0.3 is 6.18 Å². The van der Waals surface area contributed by atoms with E-state index in [1.807, 2.05) is 0 Å². The van der Waals surface area contributed by atoms with Crippen molar-refractivity contribution in [3.8, 4) is 0 Å². The highest BCUT2D eigenvalue weighted by Crippen LogP contribution is 2.47. The van der Waals surface area contributed by atoms with Gasteiger partial charge in [-0.2, -0.15) is 13.2 Å². The molecule has 2 fully saturated rings. The Balaban J connectivity index is 1.43. The van der Waals surface area contributed by atoms with Crippen molar-refractivity contribution in [2.45, 2.75) is 18.3 Å². The van der Waals surface area contributed by atoms with Gasteiger partial charge in [0.25, 0.3) is 0 Å². The Bertz CT molecular complexity index is 1600. The number of carbonyl (C=O) groups is 4. The molecule has 6 rings (SSSR count). The van der Waals surface area contributed by atoms with E-state index in [-0.39, 0.29) is 17.0 Å². The number of hydrogen-bond acceptors (Lipinski definition) is 5. The SMILES string of the molecule is O=C(C1=C[C@H]2[C@H]3C(=O)N(c4cccc(C(F)(F)F)c4)C(=O)[C@H]3[C@H](C(=O)c3ccccc3)N2C=C1)c1ccccc1. The normalized spacial score (nSPS) is 23.6. The van der Waals surface area contributed by atoms with E-state index in [1.165, 1.54) is 6.07 Å². The number of ketones is 2. The van der Waals surface area contributed by atoms with Crippen LogP contribution in [0, 0.1) is 11.8 Å². The second-order valence-corrected chi connectivity index (χ2v) is 9.86. The predicted octanol–water partition coefficient (Wildman–Crippen LogP) is 5.08. The van der Waals surface area contributed by atoms with Crippen LogP contribution in [-0.2, 0) is 15.8 Å². The van der Waals surface area contributed by atoms with Gasteiger partial charge in [-0.1, -0.05) is 72.8 Å². The van der Waals surface area contributed by atoms with E-state index in [0.717, 1.165) is 23.1 Å². The molecule has 9 heteroatoms. The number of rotatable bonds is 5. The summed E-state index contributed by atoms with van der Waals surface area (Å²) in [5, 5.41) is 0. The lowest BCUT2D eigenvalue weighted by atomic mass is 9.85. The number of nitrogens with zero attached hydrogens (tertiary/aromatic N) is 2. The molecule has 0 N–H and O–H groups in total. The average Bonchev–Trinajstić information content (AvgIpc) is 3.44. The zero-order chi connectivity index (χ0) is 28.2. The smallest absolute Gasteiger partial charge is 0.359 e. The summed E-state index contributed by atoms with van der Waals surface area (Å²) in [6.07, 6.45) is 0.00746. The van der Waals surface area contributed by atoms with Gasteiger partial charge in [0.05, 0.1) is 29.1 Å². The number of alkyl halides is 3. The van der Waals surface area contributed by atoms with E-state index >= 15 is 0 Å². The van der Waals surface area contributed by atoms with Gasteiger partial charge in [-0.25, -0.2) is 4.90 Å². The first-order valence-corrected chi connectivity index (χ1v) is 12.6. The zero-order valence-electron chi connectivity index (χ0n) is 20.8. The van der Waals surface area contributed by atoms with Crippen molar-refractivity contribution in [1.82, 2.24) is 4.90 Å². The van der Waals surface area contributed by atoms with Crippen LogP contribution in [-0.4, -0.2) is 40.4 Å². The van der Waals surface area contributed by atoms with Crippen LogP contribution in [0.3, 0.4) is 0 Å². The molecular weight excluding hydrogens is 521 g/mol. The van der Waals surface area contributed by atoms with Crippen molar-refractivity contribution < 1.29 is 32.3 Å². The minimum atomic E-state index is -4.68. The Morgan fingerprint density at radius 3 is 2.02 bits per heavy atom. The van der Waals surface area contributed by atoms with E-state index in [1.54, 1.807) is 83.9 Å². The van der Waals surface area contributed by atoms with Crippen molar-refractivity contribution >= 4 is 29.1 Å². The molecule has 6 nitrogen and oxygen atoms in total. The molecular formula is C31H21F3N2O4. The van der Waals surface area contributed by atoms with Crippen molar-refractivity contribution in [3.05, 3.63) is 126 Å². The van der Waals surface area contributed by atoms with E-state index in [4.69, 9.17) is 0 Å².